The molecule has 1 aliphatic carbocycles. The first-order chi connectivity index (χ1) is 19.1. The minimum atomic E-state index is -0.939. The molecule has 0 aromatic heterocycles. The van der Waals surface area contributed by atoms with Crippen LogP contribution in [0.4, 0.5) is 8.78 Å². The fourth-order valence-corrected chi connectivity index (χ4v) is 5.20. The molecule has 214 valence electrons. The molecular formula is C33H38F2O5. The fraction of sp³-hybridized carbons (Fsp3) is 0.424. The van der Waals surface area contributed by atoms with Gasteiger partial charge in [-0.2, -0.15) is 0 Å². The molecule has 1 aliphatic rings. The Morgan fingerprint density at radius 1 is 0.975 bits per heavy atom. The van der Waals surface area contributed by atoms with E-state index in [0.717, 1.165) is 24.0 Å². The van der Waals surface area contributed by atoms with E-state index in [1.807, 2.05) is 18.2 Å². The van der Waals surface area contributed by atoms with Gasteiger partial charge in [0.25, 0.3) is 0 Å². The number of hydrogen-bond donors (Lipinski definition) is 1. The lowest BCUT2D eigenvalue weighted by Gasteiger charge is -2.33. The molecule has 1 saturated carbocycles. The van der Waals surface area contributed by atoms with Crippen molar-refractivity contribution in [1.29, 1.82) is 0 Å². The van der Waals surface area contributed by atoms with E-state index in [0.29, 0.717) is 29.9 Å². The second-order valence-corrected chi connectivity index (χ2v) is 11.5. The first-order valence-electron chi connectivity index (χ1n) is 13.7. The van der Waals surface area contributed by atoms with Gasteiger partial charge in [0.1, 0.15) is 12.4 Å². The first kappa shape index (κ1) is 29.7. The molecule has 1 N–H and O–H groups in total. The van der Waals surface area contributed by atoms with Gasteiger partial charge in [-0.25, -0.2) is 8.78 Å². The first-order valence-corrected chi connectivity index (χ1v) is 13.7. The van der Waals surface area contributed by atoms with Gasteiger partial charge in [0.15, 0.2) is 11.6 Å². The van der Waals surface area contributed by atoms with Crippen LogP contribution < -0.4 is 4.74 Å². The van der Waals surface area contributed by atoms with Crippen molar-refractivity contribution < 1.29 is 32.9 Å². The number of ether oxygens (including phenoxy) is 3. The number of carboxylic acids is 1. The van der Waals surface area contributed by atoms with Gasteiger partial charge in [0, 0.05) is 18.6 Å². The van der Waals surface area contributed by atoms with Gasteiger partial charge in [0.2, 0.25) is 0 Å². The molecule has 0 saturated heterocycles. The highest BCUT2D eigenvalue weighted by Crippen LogP contribution is 2.46. The third-order valence-electron chi connectivity index (χ3n) is 7.29. The molecule has 40 heavy (non-hydrogen) atoms. The van der Waals surface area contributed by atoms with Crippen molar-refractivity contribution >= 4 is 5.97 Å². The molecule has 2 atom stereocenters. The quantitative estimate of drug-likeness (QED) is 0.218. The van der Waals surface area contributed by atoms with E-state index in [9.17, 15) is 14.3 Å². The summed E-state index contributed by atoms with van der Waals surface area (Å²) in [6.07, 6.45) is 1.32. The summed E-state index contributed by atoms with van der Waals surface area (Å²) in [4.78, 5) is 11.4. The van der Waals surface area contributed by atoms with Gasteiger partial charge in [-0.05, 0) is 64.6 Å². The van der Waals surface area contributed by atoms with Gasteiger partial charge in [-0.3, -0.25) is 4.79 Å². The lowest BCUT2D eigenvalue weighted by atomic mass is 9.81. The van der Waals surface area contributed by atoms with Crippen LogP contribution >= 0.6 is 0 Å². The number of rotatable bonds is 13. The third-order valence-corrected chi connectivity index (χ3v) is 7.29. The van der Waals surface area contributed by atoms with Crippen LogP contribution in [0.3, 0.4) is 0 Å². The Balaban J connectivity index is 1.66. The maximum Gasteiger partial charge on any atom is 0.303 e. The van der Waals surface area contributed by atoms with Gasteiger partial charge < -0.3 is 19.3 Å². The third kappa shape index (κ3) is 7.26. The second kappa shape index (κ2) is 12.9. The largest absolute Gasteiger partial charge is 0.486 e. The van der Waals surface area contributed by atoms with Gasteiger partial charge in [-0.15, -0.1) is 0 Å². The van der Waals surface area contributed by atoms with Gasteiger partial charge in [0.05, 0.1) is 25.7 Å². The van der Waals surface area contributed by atoms with Crippen LogP contribution in [-0.2, 0) is 20.9 Å². The summed E-state index contributed by atoms with van der Waals surface area (Å²) < 4.78 is 47.9. The highest BCUT2D eigenvalue weighted by Gasteiger charge is 2.36. The van der Waals surface area contributed by atoms with Gasteiger partial charge >= 0.3 is 5.97 Å². The molecular weight excluding hydrogens is 514 g/mol. The summed E-state index contributed by atoms with van der Waals surface area (Å²) >= 11 is 0. The number of methoxy groups -OCH3 is 1. The molecule has 0 spiro atoms. The SMILES string of the molecule is COCCO[C@H](c1cc(COc2cccc([C@H](CC(=O)O)C3CC3)c2F)ccc1-c1ccccc1F)C(C)(C)C. The standard InChI is InChI=1S/C33H38F2O5/c1-33(2,3)32(39-17-16-38-4)27-18-21(12-15-23(27)24-8-5-6-10-28(24)34)20-40-29-11-7-9-25(31(29)35)26(19-30(36)37)22-13-14-22/h5-12,15,18,22,26,32H,13-14,16-17,19-20H2,1-4H3,(H,36,37)/t26-,32-/m1/s1. The average Bonchev–Trinajstić information content (AvgIpc) is 3.75. The van der Waals surface area contributed by atoms with E-state index in [1.165, 1.54) is 6.07 Å². The molecule has 0 radical (unpaired) electrons. The van der Waals surface area contributed by atoms with Crippen LogP contribution in [-0.4, -0.2) is 31.4 Å². The predicted molar refractivity (Wildman–Crippen MR) is 150 cm³/mol. The van der Waals surface area contributed by atoms with Crippen molar-refractivity contribution in [3.05, 3.63) is 89.0 Å². The number of aliphatic carboxylic acids is 1. The number of carboxylic acid groups (broad SMARTS) is 1. The zero-order chi connectivity index (χ0) is 28.9. The van der Waals surface area contributed by atoms with Crippen LogP contribution in [0.1, 0.15) is 68.7 Å². The minimum Gasteiger partial charge on any atom is -0.486 e. The molecule has 0 unspecified atom stereocenters. The van der Waals surface area contributed by atoms with Crippen LogP contribution in [0.2, 0.25) is 0 Å². The number of halogens is 2. The van der Waals surface area contributed by atoms with Crippen molar-refractivity contribution in [1.82, 2.24) is 0 Å². The highest BCUT2D eigenvalue weighted by molar-refractivity contribution is 5.69. The molecule has 7 heteroatoms. The molecule has 0 bridgehead atoms. The number of carbonyl (C=O) groups is 1. The molecule has 3 aromatic rings. The van der Waals surface area contributed by atoms with E-state index >= 15 is 4.39 Å². The van der Waals surface area contributed by atoms with E-state index < -0.39 is 11.8 Å². The summed E-state index contributed by atoms with van der Waals surface area (Å²) in [5.41, 5.74) is 2.83. The molecule has 1 fully saturated rings. The molecule has 5 nitrogen and oxygen atoms in total. The Hall–Kier alpha value is -3.29. The van der Waals surface area contributed by atoms with E-state index in [2.05, 4.69) is 20.8 Å². The lowest BCUT2D eigenvalue weighted by molar-refractivity contribution is -0.137. The molecule has 0 heterocycles. The molecule has 4 rings (SSSR count). The van der Waals surface area contributed by atoms with Crippen molar-refractivity contribution in [2.75, 3.05) is 20.3 Å². The second-order valence-electron chi connectivity index (χ2n) is 11.5. The monoisotopic (exact) mass is 552 g/mol. The van der Waals surface area contributed by atoms with Crippen LogP contribution in [0.25, 0.3) is 11.1 Å². The zero-order valence-corrected chi connectivity index (χ0v) is 23.6. The molecule has 3 aromatic carbocycles. The zero-order valence-electron chi connectivity index (χ0n) is 23.6. The van der Waals surface area contributed by atoms with Crippen molar-refractivity contribution in [2.45, 2.75) is 58.7 Å². The average molecular weight is 553 g/mol. The summed E-state index contributed by atoms with van der Waals surface area (Å²) in [5, 5.41) is 9.36. The van der Waals surface area contributed by atoms with Crippen molar-refractivity contribution in [2.24, 2.45) is 11.3 Å². The Morgan fingerprint density at radius 2 is 1.73 bits per heavy atom. The van der Waals surface area contributed by atoms with Crippen LogP contribution in [0, 0.1) is 23.0 Å². The van der Waals surface area contributed by atoms with E-state index in [-0.39, 0.29) is 47.9 Å². The highest BCUT2D eigenvalue weighted by atomic mass is 19.1. The smallest absolute Gasteiger partial charge is 0.303 e. The van der Waals surface area contributed by atoms with E-state index in [4.69, 9.17) is 14.2 Å². The van der Waals surface area contributed by atoms with Gasteiger partial charge in [-0.1, -0.05) is 63.2 Å². The Morgan fingerprint density at radius 3 is 2.38 bits per heavy atom. The number of benzene rings is 3. The fourth-order valence-electron chi connectivity index (χ4n) is 5.20. The minimum absolute atomic E-state index is 0.0763. The Labute approximate surface area is 235 Å². The Kier molecular flexibility index (Phi) is 9.59. The normalized spacial score (nSPS) is 15.1. The topological polar surface area (TPSA) is 65.0 Å². The number of hydrogen-bond acceptors (Lipinski definition) is 4. The van der Waals surface area contributed by atoms with Crippen molar-refractivity contribution in [3.8, 4) is 16.9 Å². The molecule has 0 aliphatic heterocycles. The summed E-state index contributed by atoms with van der Waals surface area (Å²) in [6, 6.07) is 17.2. The lowest BCUT2D eigenvalue weighted by Crippen LogP contribution is -2.24. The predicted octanol–water partition coefficient (Wildman–Crippen LogP) is 7.93. The maximum atomic E-state index is 15.5. The van der Waals surface area contributed by atoms with Crippen molar-refractivity contribution in [3.63, 3.8) is 0 Å². The maximum absolute atomic E-state index is 15.5. The van der Waals surface area contributed by atoms with E-state index in [1.54, 1.807) is 43.5 Å². The van der Waals surface area contributed by atoms with Crippen LogP contribution in [0.5, 0.6) is 5.75 Å². The Bertz CT molecular complexity index is 1310. The molecule has 0 amide bonds. The summed E-state index contributed by atoms with van der Waals surface area (Å²) in [5.74, 6) is -1.89. The summed E-state index contributed by atoms with van der Waals surface area (Å²) in [7, 11) is 1.61. The summed E-state index contributed by atoms with van der Waals surface area (Å²) in [6.45, 7) is 7.05. The van der Waals surface area contributed by atoms with Crippen LogP contribution in [0.15, 0.2) is 60.7 Å².